The Bertz CT molecular complexity index is 572. The van der Waals surface area contributed by atoms with E-state index in [1.54, 1.807) is 0 Å². The summed E-state index contributed by atoms with van der Waals surface area (Å²) >= 11 is 0. The number of hydrogen-bond donors (Lipinski definition) is 1. The van der Waals surface area contributed by atoms with Gasteiger partial charge in [-0.05, 0) is 24.9 Å². The van der Waals surface area contributed by atoms with Crippen LogP contribution in [0.1, 0.15) is 18.4 Å². The highest BCUT2D eigenvalue weighted by Gasteiger charge is 2.36. The van der Waals surface area contributed by atoms with Crippen molar-refractivity contribution in [1.29, 1.82) is 0 Å². The molecule has 1 atom stereocenters. The minimum atomic E-state index is -0.332. The molecule has 0 aliphatic carbocycles. The zero-order valence-electron chi connectivity index (χ0n) is 13.9. The Labute approximate surface area is 142 Å². The van der Waals surface area contributed by atoms with E-state index in [0.29, 0.717) is 26.2 Å². The van der Waals surface area contributed by atoms with Crippen molar-refractivity contribution in [2.24, 2.45) is 11.7 Å². The standard InChI is InChI=1S/C18H25N3O3/c19-17(22)12-20-8-4-7-15(9-20)18(23)21-10-16(11-21)24-13-14-5-2-1-3-6-14/h1-3,5-6,15-16H,4,7-13H2,(H2,19,22)/t15-/m1/s1. The van der Waals surface area contributed by atoms with Crippen LogP contribution >= 0.6 is 0 Å². The molecule has 1 aromatic rings. The summed E-state index contributed by atoms with van der Waals surface area (Å²) in [6, 6.07) is 10.1. The molecule has 2 amide bonds. The molecule has 6 nitrogen and oxygen atoms in total. The minimum absolute atomic E-state index is 0.0202. The molecule has 2 aliphatic heterocycles. The van der Waals surface area contributed by atoms with Crippen molar-refractivity contribution in [3.8, 4) is 0 Å². The van der Waals surface area contributed by atoms with E-state index in [-0.39, 0.29) is 30.4 Å². The van der Waals surface area contributed by atoms with Gasteiger partial charge in [-0.15, -0.1) is 0 Å². The number of rotatable bonds is 6. The number of amides is 2. The van der Waals surface area contributed by atoms with Crippen molar-refractivity contribution in [2.75, 3.05) is 32.7 Å². The van der Waals surface area contributed by atoms with Gasteiger partial charge >= 0.3 is 0 Å². The lowest BCUT2D eigenvalue weighted by Gasteiger charge is -2.42. The van der Waals surface area contributed by atoms with E-state index < -0.39 is 0 Å². The number of ether oxygens (including phenoxy) is 1. The lowest BCUT2D eigenvalue weighted by atomic mass is 9.95. The van der Waals surface area contributed by atoms with Crippen molar-refractivity contribution in [3.05, 3.63) is 35.9 Å². The van der Waals surface area contributed by atoms with Gasteiger partial charge in [-0.3, -0.25) is 14.5 Å². The van der Waals surface area contributed by atoms with Crippen LogP contribution in [-0.4, -0.2) is 60.4 Å². The lowest BCUT2D eigenvalue weighted by molar-refractivity contribution is -0.152. The first kappa shape index (κ1) is 16.9. The van der Waals surface area contributed by atoms with Gasteiger partial charge in [0.15, 0.2) is 0 Å². The Morgan fingerprint density at radius 1 is 1.17 bits per heavy atom. The SMILES string of the molecule is NC(=O)CN1CCC[C@@H](C(=O)N2CC(OCc3ccccc3)C2)C1. The van der Waals surface area contributed by atoms with Crippen LogP contribution in [0.15, 0.2) is 30.3 Å². The predicted molar refractivity (Wildman–Crippen MR) is 90.0 cm³/mol. The first-order valence-electron chi connectivity index (χ1n) is 8.57. The molecular formula is C18H25N3O3. The number of likely N-dealkylation sites (tertiary alicyclic amines) is 2. The third-order valence-electron chi connectivity index (χ3n) is 4.72. The van der Waals surface area contributed by atoms with Gasteiger partial charge in [0.25, 0.3) is 0 Å². The van der Waals surface area contributed by atoms with Crippen LogP contribution in [0.25, 0.3) is 0 Å². The zero-order valence-corrected chi connectivity index (χ0v) is 13.9. The lowest BCUT2D eigenvalue weighted by Crippen LogP contribution is -2.58. The third-order valence-corrected chi connectivity index (χ3v) is 4.72. The number of nitrogens with two attached hydrogens (primary N) is 1. The van der Waals surface area contributed by atoms with Gasteiger partial charge in [0.05, 0.1) is 25.2 Å². The highest BCUT2D eigenvalue weighted by Crippen LogP contribution is 2.23. The summed E-state index contributed by atoms with van der Waals surface area (Å²) in [5, 5.41) is 0. The molecule has 0 unspecified atom stereocenters. The van der Waals surface area contributed by atoms with Crippen molar-refractivity contribution >= 4 is 11.8 Å². The Morgan fingerprint density at radius 2 is 1.92 bits per heavy atom. The maximum absolute atomic E-state index is 12.6. The van der Waals surface area contributed by atoms with E-state index >= 15 is 0 Å². The summed E-state index contributed by atoms with van der Waals surface area (Å²) in [6.07, 6.45) is 1.95. The minimum Gasteiger partial charge on any atom is -0.370 e. The number of hydrogen-bond acceptors (Lipinski definition) is 4. The smallest absolute Gasteiger partial charge is 0.231 e. The fourth-order valence-corrected chi connectivity index (χ4v) is 3.39. The van der Waals surface area contributed by atoms with Gasteiger partial charge in [0, 0.05) is 19.6 Å². The Kier molecular flexibility index (Phi) is 5.48. The van der Waals surface area contributed by atoms with Crippen LogP contribution in [0.2, 0.25) is 0 Å². The first-order chi connectivity index (χ1) is 11.6. The predicted octanol–water partition coefficient (Wildman–Crippen LogP) is 0.611. The van der Waals surface area contributed by atoms with Crippen LogP contribution in [0.4, 0.5) is 0 Å². The van der Waals surface area contributed by atoms with Crippen molar-refractivity contribution in [3.63, 3.8) is 0 Å². The molecule has 1 aromatic carbocycles. The molecule has 0 saturated carbocycles. The van der Waals surface area contributed by atoms with E-state index in [1.807, 2.05) is 40.1 Å². The van der Waals surface area contributed by atoms with E-state index in [0.717, 1.165) is 24.9 Å². The van der Waals surface area contributed by atoms with E-state index in [4.69, 9.17) is 10.5 Å². The monoisotopic (exact) mass is 331 g/mol. The molecule has 0 bridgehead atoms. The Morgan fingerprint density at radius 3 is 2.62 bits per heavy atom. The fraction of sp³-hybridized carbons (Fsp3) is 0.556. The van der Waals surface area contributed by atoms with Crippen molar-refractivity contribution in [2.45, 2.75) is 25.6 Å². The molecular weight excluding hydrogens is 306 g/mol. The quantitative estimate of drug-likeness (QED) is 0.829. The Hall–Kier alpha value is -1.92. The van der Waals surface area contributed by atoms with Crippen LogP contribution in [-0.2, 0) is 20.9 Å². The average molecular weight is 331 g/mol. The maximum atomic E-state index is 12.6. The molecule has 2 fully saturated rings. The molecule has 2 N–H and O–H groups in total. The number of carbonyl (C=O) groups is 2. The molecule has 3 rings (SSSR count). The van der Waals surface area contributed by atoms with Crippen molar-refractivity contribution in [1.82, 2.24) is 9.80 Å². The highest BCUT2D eigenvalue weighted by molar-refractivity contribution is 5.80. The van der Waals surface area contributed by atoms with Crippen LogP contribution in [0.5, 0.6) is 0 Å². The molecule has 0 radical (unpaired) electrons. The molecule has 2 saturated heterocycles. The second-order valence-electron chi connectivity index (χ2n) is 6.70. The summed E-state index contributed by atoms with van der Waals surface area (Å²) in [7, 11) is 0. The molecule has 2 aliphatic rings. The number of piperidine rings is 1. The van der Waals surface area contributed by atoms with Gasteiger partial charge in [0.1, 0.15) is 0 Å². The third kappa shape index (κ3) is 4.33. The normalized spacial score (nSPS) is 22.2. The summed E-state index contributed by atoms with van der Waals surface area (Å²) in [5.41, 5.74) is 6.40. The summed E-state index contributed by atoms with van der Waals surface area (Å²) in [4.78, 5) is 27.5. The van der Waals surface area contributed by atoms with Crippen molar-refractivity contribution < 1.29 is 14.3 Å². The largest absolute Gasteiger partial charge is 0.370 e. The van der Waals surface area contributed by atoms with Gasteiger partial charge in [-0.2, -0.15) is 0 Å². The molecule has 2 heterocycles. The summed E-state index contributed by atoms with van der Waals surface area (Å²) in [5.74, 6) is -0.168. The average Bonchev–Trinajstić information content (AvgIpc) is 2.54. The Balaban J connectivity index is 1.40. The van der Waals surface area contributed by atoms with Gasteiger partial charge in [-0.25, -0.2) is 0 Å². The second kappa shape index (κ2) is 7.77. The summed E-state index contributed by atoms with van der Waals surface area (Å²) < 4.78 is 5.84. The van der Waals surface area contributed by atoms with E-state index in [1.165, 1.54) is 0 Å². The number of nitrogens with zero attached hydrogens (tertiary/aromatic N) is 2. The number of primary amides is 1. The van der Waals surface area contributed by atoms with Gasteiger partial charge in [0.2, 0.25) is 11.8 Å². The fourth-order valence-electron chi connectivity index (χ4n) is 3.39. The van der Waals surface area contributed by atoms with E-state index in [9.17, 15) is 9.59 Å². The van der Waals surface area contributed by atoms with Crippen LogP contribution in [0, 0.1) is 5.92 Å². The topological polar surface area (TPSA) is 75.9 Å². The maximum Gasteiger partial charge on any atom is 0.231 e. The molecule has 6 heteroatoms. The molecule has 0 aromatic heterocycles. The van der Waals surface area contributed by atoms with Crippen LogP contribution in [0.3, 0.4) is 0 Å². The number of benzene rings is 1. The molecule has 130 valence electrons. The molecule has 24 heavy (non-hydrogen) atoms. The van der Waals surface area contributed by atoms with E-state index in [2.05, 4.69) is 0 Å². The van der Waals surface area contributed by atoms with Gasteiger partial charge < -0.3 is 15.4 Å². The molecule has 0 spiro atoms. The zero-order chi connectivity index (χ0) is 16.9. The summed E-state index contributed by atoms with van der Waals surface area (Å²) in [6.45, 7) is 3.63. The second-order valence-corrected chi connectivity index (χ2v) is 6.70. The van der Waals surface area contributed by atoms with Gasteiger partial charge in [-0.1, -0.05) is 30.3 Å². The highest BCUT2D eigenvalue weighted by atomic mass is 16.5. The first-order valence-corrected chi connectivity index (χ1v) is 8.57. The number of carbonyl (C=O) groups excluding carboxylic acids is 2. The van der Waals surface area contributed by atoms with Crippen LogP contribution < -0.4 is 5.73 Å².